The first-order chi connectivity index (χ1) is 7.13. The van der Waals surface area contributed by atoms with Crippen LogP contribution in [0.3, 0.4) is 0 Å². The van der Waals surface area contributed by atoms with Crippen molar-refractivity contribution in [1.29, 1.82) is 0 Å². The lowest BCUT2D eigenvalue weighted by Gasteiger charge is -2.14. The summed E-state index contributed by atoms with van der Waals surface area (Å²) in [5.74, 6) is -1.52. The third-order valence-electron chi connectivity index (χ3n) is 2.18. The van der Waals surface area contributed by atoms with E-state index < -0.39 is 11.7 Å². The molecule has 72 valence electrons. The highest BCUT2D eigenvalue weighted by Crippen LogP contribution is 2.29. The SMILES string of the molecule is [2H]C1(c2cccc(Cl)c2F)C=CC=CC1. The van der Waals surface area contributed by atoms with E-state index >= 15 is 0 Å². The van der Waals surface area contributed by atoms with Gasteiger partial charge in [-0.2, -0.15) is 0 Å². The van der Waals surface area contributed by atoms with Gasteiger partial charge in [0.1, 0.15) is 5.82 Å². The van der Waals surface area contributed by atoms with Gasteiger partial charge in [0.25, 0.3) is 0 Å². The van der Waals surface area contributed by atoms with Crippen molar-refractivity contribution in [2.75, 3.05) is 0 Å². The summed E-state index contributed by atoms with van der Waals surface area (Å²) in [6.45, 7) is 0. The summed E-state index contributed by atoms with van der Waals surface area (Å²) in [4.78, 5) is 0. The summed E-state index contributed by atoms with van der Waals surface area (Å²) >= 11 is 5.69. The molecular weight excluding hydrogens is 199 g/mol. The van der Waals surface area contributed by atoms with Gasteiger partial charge in [-0.15, -0.1) is 0 Å². The smallest absolute Gasteiger partial charge is 0.145 e. The Labute approximate surface area is 89.1 Å². The normalized spacial score (nSPS) is 26.3. The molecule has 0 bridgehead atoms. The van der Waals surface area contributed by atoms with Gasteiger partial charge in [0.15, 0.2) is 0 Å². The van der Waals surface area contributed by atoms with Gasteiger partial charge in [-0.25, -0.2) is 4.39 Å². The van der Waals surface area contributed by atoms with Crippen LogP contribution in [0.5, 0.6) is 0 Å². The van der Waals surface area contributed by atoms with E-state index in [-0.39, 0.29) is 5.02 Å². The minimum atomic E-state index is -1.02. The monoisotopic (exact) mass is 209 g/mol. The second kappa shape index (κ2) is 3.97. The van der Waals surface area contributed by atoms with Crippen molar-refractivity contribution in [3.8, 4) is 0 Å². The average molecular weight is 210 g/mol. The summed E-state index contributed by atoms with van der Waals surface area (Å²) in [5, 5.41) is 0.0714. The van der Waals surface area contributed by atoms with E-state index in [0.717, 1.165) is 0 Å². The fourth-order valence-electron chi connectivity index (χ4n) is 1.46. The quantitative estimate of drug-likeness (QED) is 0.654. The van der Waals surface area contributed by atoms with E-state index in [1.165, 1.54) is 6.07 Å². The second-order valence-electron chi connectivity index (χ2n) is 3.12. The van der Waals surface area contributed by atoms with Crippen molar-refractivity contribution >= 4 is 11.6 Å². The van der Waals surface area contributed by atoms with E-state index in [1.807, 2.05) is 12.2 Å². The number of hydrogen-bond donors (Lipinski definition) is 0. The molecular formula is C12H10ClF. The molecule has 1 aromatic carbocycles. The summed E-state index contributed by atoms with van der Waals surface area (Å²) < 4.78 is 21.9. The molecule has 0 saturated heterocycles. The van der Waals surface area contributed by atoms with Gasteiger partial charge in [-0.3, -0.25) is 0 Å². The van der Waals surface area contributed by atoms with Crippen molar-refractivity contribution in [3.63, 3.8) is 0 Å². The van der Waals surface area contributed by atoms with Gasteiger partial charge in [-0.1, -0.05) is 48.0 Å². The maximum absolute atomic E-state index is 13.7. The zero-order valence-electron chi connectivity index (χ0n) is 8.50. The van der Waals surface area contributed by atoms with Crippen molar-refractivity contribution < 1.29 is 5.76 Å². The van der Waals surface area contributed by atoms with Crippen LogP contribution in [-0.2, 0) is 0 Å². The average Bonchev–Trinajstić information content (AvgIpc) is 2.23. The number of allylic oxidation sites excluding steroid dienone is 4. The molecule has 0 N–H and O–H groups in total. The molecule has 2 heteroatoms. The standard InChI is InChI=1S/C12H10ClF/c13-11-8-4-7-10(12(11)14)9-5-2-1-3-6-9/h1-5,7-9H,6H2/i9D. The molecule has 1 unspecified atom stereocenters. The van der Waals surface area contributed by atoms with E-state index in [2.05, 4.69) is 0 Å². The Kier molecular flexibility index (Phi) is 2.34. The van der Waals surface area contributed by atoms with E-state index in [1.54, 1.807) is 24.3 Å². The molecule has 0 fully saturated rings. The van der Waals surface area contributed by atoms with Crippen LogP contribution in [0.15, 0.2) is 42.5 Å². The molecule has 0 radical (unpaired) electrons. The molecule has 14 heavy (non-hydrogen) atoms. The Bertz CT molecular complexity index is 439. The fraction of sp³-hybridized carbons (Fsp3) is 0.167. The van der Waals surface area contributed by atoms with Gasteiger partial charge < -0.3 is 0 Å². The third kappa shape index (κ3) is 1.73. The topological polar surface area (TPSA) is 0 Å². The fourth-order valence-corrected chi connectivity index (χ4v) is 1.64. The van der Waals surface area contributed by atoms with Crippen LogP contribution in [0.25, 0.3) is 0 Å². The van der Waals surface area contributed by atoms with Gasteiger partial charge in [0, 0.05) is 7.26 Å². The van der Waals surface area contributed by atoms with Crippen LogP contribution in [0.2, 0.25) is 5.02 Å². The van der Waals surface area contributed by atoms with Crippen LogP contribution in [0, 0.1) is 5.82 Å². The van der Waals surface area contributed by atoms with Gasteiger partial charge in [0.2, 0.25) is 0 Å². The molecule has 0 aliphatic heterocycles. The minimum Gasteiger partial charge on any atom is -0.205 e. The van der Waals surface area contributed by atoms with Crippen molar-refractivity contribution in [2.24, 2.45) is 0 Å². The molecule has 1 atom stereocenters. The summed E-state index contributed by atoms with van der Waals surface area (Å²) in [6, 6.07) is 4.77. The Morgan fingerprint density at radius 1 is 1.43 bits per heavy atom. The lowest BCUT2D eigenvalue weighted by molar-refractivity contribution is 0.600. The van der Waals surface area contributed by atoms with Crippen molar-refractivity contribution in [1.82, 2.24) is 0 Å². The number of benzene rings is 1. The van der Waals surface area contributed by atoms with E-state index in [9.17, 15) is 4.39 Å². The zero-order chi connectivity index (χ0) is 10.9. The maximum Gasteiger partial charge on any atom is 0.145 e. The number of rotatable bonds is 1. The summed E-state index contributed by atoms with van der Waals surface area (Å²) in [5.41, 5.74) is 0.329. The van der Waals surface area contributed by atoms with Gasteiger partial charge >= 0.3 is 0 Å². The molecule has 1 aliphatic rings. The first-order valence-electron chi connectivity index (χ1n) is 4.92. The number of halogens is 2. The second-order valence-corrected chi connectivity index (χ2v) is 3.53. The maximum atomic E-state index is 13.7. The first kappa shape index (κ1) is 8.25. The van der Waals surface area contributed by atoms with Crippen LogP contribution in [-0.4, -0.2) is 0 Å². The minimum absolute atomic E-state index is 0.0714. The lowest BCUT2D eigenvalue weighted by atomic mass is 9.92. The first-order valence-corrected chi connectivity index (χ1v) is 4.80. The van der Waals surface area contributed by atoms with E-state index in [0.29, 0.717) is 12.0 Å². The Hall–Kier alpha value is -1.08. The highest BCUT2D eigenvalue weighted by atomic mass is 35.5. The van der Waals surface area contributed by atoms with Crippen LogP contribution >= 0.6 is 11.6 Å². The molecule has 0 spiro atoms. The molecule has 1 aromatic rings. The number of hydrogen-bond acceptors (Lipinski definition) is 0. The van der Waals surface area contributed by atoms with E-state index in [4.69, 9.17) is 13.0 Å². The summed E-state index contributed by atoms with van der Waals surface area (Å²) in [7, 11) is 0. The zero-order valence-corrected chi connectivity index (χ0v) is 8.26. The predicted octanol–water partition coefficient (Wildman–Crippen LogP) is 4.08. The van der Waals surface area contributed by atoms with Crippen LogP contribution in [0.1, 0.15) is 19.2 Å². The highest BCUT2D eigenvalue weighted by Gasteiger charge is 2.14. The Morgan fingerprint density at radius 2 is 2.29 bits per heavy atom. The molecule has 2 rings (SSSR count). The molecule has 0 nitrogen and oxygen atoms in total. The van der Waals surface area contributed by atoms with Crippen LogP contribution < -0.4 is 0 Å². The lowest BCUT2D eigenvalue weighted by Crippen LogP contribution is -1.99. The van der Waals surface area contributed by atoms with Gasteiger partial charge in [-0.05, 0) is 18.1 Å². The molecule has 0 saturated carbocycles. The Morgan fingerprint density at radius 3 is 3.00 bits per heavy atom. The Balaban J connectivity index is 2.49. The van der Waals surface area contributed by atoms with Crippen LogP contribution in [0.4, 0.5) is 4.39 Å². The molecule has 0 aromatic heterocycles. The van der Waals surface area contributed by atoms with Crippen molar-refractivity contribution in [2.45, 2.75) is 12.3 Å². The predicted molar refractivity (Wildman–Crippen MR) is 57.0 cm³/mol. The molecule has 0 amide bonds. The highest BCUT2D eigenvalue weighted by molar-refractivity contribution is 6.30. The molecule has 1 aliphatic carbocycles. The largest absolute Gasteiger partial charge is 0.205 e. The summed E-state index contributed by atoms with van der Waals surface area (Å²) in [6.07, 6.45) is 7.63. The van der Waals surface area contributed by atoms with Gasteiger partial charge in [0.05, 0.1) is 5.02 Å². The third-order valence-corrected chi connectivity index (χ3v) is 2.47. The van der Waals surface area contributed by atoms with Crippen molar-refractivity contribution in [3.05, 3.63) is 58.9 Å². The molecule has 0 heterocycles.